The Balaban J connectivity index is 1.89. The second kappa shape index (κ2) is 3.98. The summed E-state index contributed by atoms with van der Waals surface area (Å²) in [6, 6.07) is 1.93. The van der Waals surface area contributed by atoms with Gasteiger partial charge in [-0.1, -0.05) is 6.42 Å². The number of rotatable bonds is 2. The monoisotopic (exact) mass is 232 g/mol. The van der Waals surface area contributed by atoms with E-state index in [1.165, 1.54) is 25.7 Å². The predicted octanol–water partition coefficient (Wildman–Crippen LogP) is 2.44. The Morgan fingerprint density at radius 3 is 2.82 bits per heavy atom. The van der Waals surface area contributed by atoms with Gasteiger partial charge < -0.3 is 10.8 Å². The zero-order valence-corrected chi connectivity index (χ0v) is 10.3. The number of nitrogen functional groups attached to an aromatic ring is 1. The van der Waals surface area contributed by atoms with Gasteiger partial charge in [-0.2, -0.15) is 0 Å². The van der Waals surface area contributed by atoms with Gasteiger partial charge in [-0.3, -0.25) is 0 Å². The summed E-state index contributed by atoms with van der Waals surface area (Å²) in [5.41, 5.74) is 7.85. The van der Waals surface area contributed by atoms with Gasteiger partial charge in [-0.15, -0.1) is 0 Å². The Kier molecular flexibility index (Phi) is 2.58. The fraction of sp³-hybridized carbons (Fsp3) is 0.643. The molecule has 2 bridgehead atoms. The lowest BCUT2D eigenvalue weighted by Gasteiger charge is -2.28. The Morgan fingerprint density at radius 1 is 1.41 bits per heavy atom. The molecule has 0 aliphatic heterocycles. The third kappa shape index (κ3) is 1.73. The molecule has 1 heterocycles. The SMILES string of the molecule is Cc1ccnc(N)c1C(O)C1CC2CCC1C2. The van der Waals surface area contributed by atoms with Crippen LogP contribution in [0.1, 0.15) is 42.9 Å². The van der Waals surface area contributed by atoms with Crippen molar-refractivity contribution in [1.82, 2.24) is 4.98 Å². The van der Waals surface area contributed by atoms with E-state index in [4.69, 9.17) is 5.73 Å². The molecule has 3 heteroatoms. The van der Waals surface area contributed by atoms with Crippen molar-refractivity contribution >= 4 is 5.82 Å². The summed E-state index contributed by atoms with van der Waals surface area (Å²) < 4.78 is 0. The molecule has 0 aromatic carbocycles. The van der Waals surface area contributed by atoms with Gasteiger partial charge in [0.1, 0.15) is 5.82 Å². The molecule has 0 spiro atoms. The van der Waals surface area contributed by atoms with Crippen LogP contribution in [0.4, 0.5) is 5.82 Å². The minimum atomic E-state index is -0.418. The summed E-state index contributed by atoms with van der Waals surface area (Å²) >= 11 is 0. The van der Waals surface area contributed by atoms with Crippen molar-refractivity contribution in [1.29, 1.82) is 0 Å². The molecule has 2 aliphatic rings. The Labute approximate surface area is 102 Å². The van der Waals surface area contributed by atoms with E-state index < -0.39 is 6.10 Å². The molecule has 0 saturated heterocycles. The number of hydrogen-bond donors (Lipinski definition) is 2. The average molecular weight is 232 g/mol. The maximum absolute atomic E-state index is 10.6. The minimum Gasteiger partial charge on any atom is -0.388 e. The number of aliphatic hydroxyl groups is 1. The molecule has 4 unspecified atom stereocenters. The first-order chi connectivity index (χ1) is 8.16. The van der Waals surface area contributed by atoms with Crippen LogP contribution in [0.3, 0.4) is 0 Å². The fourth-order valence-electron chi connectivity index (χ4n) is 3.87. The molecular weight excluding hydrogens is 212 g/mol. The van der Waals surface area contributed by atoms with E-state index in [2.05, 4.69) is 4.98 Å². The number of fused-ring (bicyclic) bond motifs is 2. The molecule has 3 nitrogen and oxygen atoms in total. The third-order valence-corrected chi connectivity index (χ3v) is 4.73. The van der Waals surface area contributed by atoms with Gasteiger partial charge in [0.25, 0.3) is 0 Å². The molecule has 1 aromatic rings. The van der Waals surface area contributed by atoms with Crippen molar-refractivity contribution < 1.29 is 5.11 Å². The normalized spacial score (nSPS) is 32.9. The second-order valence-electron chi connectivity index (χ2n) is 5.71. The van der Waals surface area contributed by atoms with Crippen molar-refractivity contribution in [3.63, 3.8) is 0 Å². The van der Waals surface area contributed by atoms with Crippen LogP contribution in [-0.2, 0) is 0 Å². The molecule has 0 amide bonds. The van der Waals surface area contributed by atoms with Gasteiger partial charge >= 0.3 is 0 Å². The summed E-state index contributed by atoms with van der Waals surface area (Å²) in [6.45, 7) is 2.00. The van der Waals surface area contributed by atoms with Crippen LogP contribution in [0.2, 0.25) is 0 Å². The molecule has 2 fully saturated rings. The summed E-state index contributed by atoms with van der Waals surface area (Å²) in [5.74, 6) is 2.45. The highest BCUT2D eigenvalue weighted by molar-refractivity contribution is 5.45. The first-order valence-electron chi connectivity index (χ1n) is 6.56. The molecule has 92 valence electrons. The van der Waals surface area contributed by atoms with Crippen molar-refractivity contribution in [2.24, 2.45) is 17.8 Å². The highest BCUT2D eigenvalue weighted by atomic mass is 16.3. The molecule has 3 rings (SSSR count). The van der Waals surface area contributed by atoms with Crippen molar-refractivity contribution in [3.8, 4) is 0 Å². The van der Waals surface area contributed by atoms with Crippen LogP contribution in [-0.4, -0.2) is 10.1 Å². The Hall–Kier alpha value is -1.09. The number of nitrogens with zero attached hydrogens (tertiary/aromatic N) is 1. The van der Waals surface area contributed by atoms with E-state index in [0.717, 1.165) is 17.0 Å². The fourth-order valence-corrected chi connectivity index (χ4v) is 3.87. The number of hydrogen-bond acceptors (Lipinski definition) is 3. The number of aryl methyl sites for hydroxylation is 1. The molecule has 2 aliphatic carbocycles. The number of anilines is 1. The van der Waals surface area contributed by atoms with Gasteiger partial charge in [0.2, 0.25) is 0 Å². The summed E-state index contributed by atoms with van der Waals surface area (Å²) in [5, 5.41) is 10.6. The molecule has 17 heavy (non-hydrogen) atoms. The lowest BCUT2D eigenvalue weighted by molar-refractivity contribution is 0.0744. The zero-order valence-electron chi connectivity index (χ0n) is 10.3. The highest BCUT2D eigenvalue weighted by Gasteiger charge is 2.43. The van der Waals surface area contributed by atoms with Gasteiger partial charge in [-0.25, -0.2) is 4.98 Å². The first-order valence-corrected chi connectivity index (χ1v) is 6.56. The first kappa shape index (κ1) is 11.0. The van der Waals surface area contributed by atoms with Crippen molar-refractivity contribution in [3.05, 3.63) is 23.4 Å². The van der Waals surface area contributed by atoms with Crippen molar-refractivity contribution in [2.45, 2.75) is 38.7 Å². The molecule has 4 atom stereocenters. The standard InChI is InChI=1S/C14H20N2O/c1-8-4-5-16-14(15)12(8)13(17)11-7-9-2-3-10(11)6-9/h4-5,9-11,13,17H,2-3,6-7H2,1H3,(H2,15,16). The van der Waals surface area contributed by atoms with E-state index in [1.807, 2.05) is 13.0 Å². The molecule has 1 aromatic heterocycles. The van der Waals surface area contributed by atoms with Crippen LogP contribution in [0.5, 0.6) is 0 Å². The van der Waals surface area contributed by atoms with Crippen LogP contribution in [0.15, 0.2) is 12.3 Å². The topological polar surface area (TPSA) is 59.1 Å². The smallest absolute Gasteiger partial charge is 0.129 e. The maximum atomic E-state index is 10.6. The predicted molar refractivity (Wildman–Crippen MR) is 67.3 cm³/mol. The lowest BCUT2D eigenvalue weighted by atomic mass is 9.81. The Bertz CT molecular complexity index is 412. The molecule has 3 N–H and O–H groups in total. The van der Waals surface area contributed by atoms with E-state index in [-0.39, 0.29) is 0 Å². The summed E-state index contributed by atoms with van der Waals surface area (Å²) in [6.07, 6.45) is 6.41. The molecular formula is C14H20N2O. The van der Waals surface area contributed by atoms with Crippen LogP contribution < -0.4 is 5.73 Å². The molecule has 2 saturated carbocycles. The van der Waals surface area contributed by atoms with E-state index in [1.54, 1.807) is 6.20 Å². The zero-order chi connectivity index (χ0) is 12.0. The van der Waals surface area contributed by atoms with Crippen LogP contribution in [0, 0.1) is 24.7 Å². The number of aliphatic hydroxyl groups excluding tert-OH is 1. The van der Waals surface area contributed by atoms with E-state index in [0.29, 0.717) is 17.7 Å². The summed E-state index contributed by atoms with van der Waals surface area (Å²) in [4.78, 5) is 4.11. The largest absolute Gasteiger partial charge is 0.388 e. The van der Waals surface area contributed by atoms with Crippen molar-refractivity contribution in [2.75, 3.05) is 5.73 Å². The van der Waals surface area contributed by atoms with Gasteiger partial charge in [0.15, 0.2) is 0 Å². The summed E-state index contributed by atoms with van der Waals surface area (Å²) in [7, 11) is 0. The van der Waals surface area contributed by atoms with Gasteiger partial charge in [0, 0.05) is 11.8 Å². The number of aromatic nitrogens is 1. The number of pyridine rings is 1. The lowest BCUT2D eigenvalue weighted by Crippen LogP contribution is -2.21. The average Bonchev–Trinajstić information content (AvgIpc) is 2.90. The number of nitrogens with two attached hydrogens (primary N) is 1. The molecule has 0 radical (unpaired) electrons. The minimum absolute atomic E-state index is 0.402. The Morgan fingerprint density at radius 2 is 2.24 bits per heavy atom. The third-order valence-electron chi connectivity index (χ3n) is 4.73. The maximum Gasteiger partial charge on any atom is 0.129 e. The van der Waals surface area contributed by atoms with Gasteiger partial charge in [-0.05, 0) is 55.6 Å². The van der Waals surface area contributed by atoms with Crippen LogP contribution >= 0.6 is 0 Å². The second-order valence-corrected chi connectivity index (χ2v) is 5.71. The highest BCUT2D eigenvalue weighted by Crippen LogP contribution is 2.53. The quantitative estimate of drug-likeness (QED) is 0.823. The van der Waals surface area contributed by atoms with E-state index >= 15 is 0 Å². The van der Waals surface area contributed by atoms with E-state index in [9.17, 15) is 5.11 Å². The van der Waals surface area contributed by atoms with Crippen LogP contribution in [0.25, 0.3) is 0 Å². The van der Waals surface area contributed by atoms with Gasteiger partial charge in [0.05, 0.1) is 6.10 Å².